The second kappa shape index (κ2) is 7.57. The van der Waals surface area contributed by atoms with Crippen LogP contribution in [0.5, 0.6) is 0 Å². The number of carbonyl (C=O) groups excluding carboxylic acids is 1. The van der Waals surface area contributed by atoms with Gasteiger partial charge in [-0.3, -0.25) is 9.48 Å². The highest BCUT2D eigenvalue weighted by Gasteiger charge is 2.31. The molecule has 2 aromatic heterocycles. The Balaban J connectivity index is 1.38. The quantitative estimate of drug-likeness (QED) is 0.814. The van der Waals surface area contributed by atoms with E-state index in [0.717, 1.165) is 57.2 Å². The lowest BCUT2D eigenvalue weighted by molar-refractivity contribution is -0.133. The van der Waals surface area contributed by atoms with Crippen molar-refractivity contribution in [2.75, 3.05) is 19.8 Å². The van der Waals surface area contributed by atoms with Crippen molar-refractivity contribution in [3.63, 3.8) is 0 Å². The van der Waals surface area contributed by atoms with Crippen LogP contribution >= 0.6 is 0 Å². The van der Waals surface area contributed by atoms with Gasteiger partial charge in [0.2, 0.25) is 5.91 Å². The number of nitrogens with zero attached hydrogens (tertiary/aromatic N) is 6. The number of ether oxygens (including phenoxy) is 1. The van der Waals surface area contributed by atoms with Crippen LogP contribution in [0.25, 0.3) is 0 Å². The average molecular weight is 358 g/mol. The lowest BCUT2D eigenvalue weighted by atomic mass is 9.99. The van der Waals surface area contributed by atoms with Gasteiger partial charge in [0.05, 0.1) is 12.6 Å². The second-order valence-electron chi connectivity index (χ2n) is 7.23. The molecule has 1 saturated heterocycles. The predicted octanol–water partition coefficient (Wildman–Crippen LogP) is 1.75. The number of fused-ring (bicyclic) bond motifs is 1. The van der Waals surface area contributed by atoms with Gasteiger partial charge in [0.25, 0.3) is 0 Å². The standard InChI is InChI=1S/C18H26N6O2/c1-14-12-22(17(25)4-2-8-23-9-3-7-19-23)13-16-20-21-18(24(14)16)15-5-10-26-11-6-15/h3,7,9,14-15H,2,4-6,8,10-13H2,1H3/t14-/m0/s1. The SMILES string of the molecule is C[C@H]1CN(C(=O)CCCn2cccn2)Cc2nnc(C3CCOCC3)n21. The molecule has 1 fully saturated rings. The smallest absolute Gasteiger partial charge is 0.223 e. The molecule has 26 heavy (non-hydrogen) atoms. The van der Waals surface area contributed by atoms with Gasteiger partial charge >= 0.3 is 0 Å². The molecule has 2 aromatic rings. The van der Waals surface area contributed by atoms with Gasteiger partial charge in [0, 0.05) is 51.0 Å². The van der Waals surface area contributed by atoms with Gasteiger partial charge in [-0.2, -0.15) is 5.10 Å². The van der Waals surface area contributed by atoms with Crippen LogP contribution in [-0.4, -0.2) is 55.1 Å². The second-order valence-corrected chi connectivity index (χ2v) is 7.23. The van der Waals surface area contributed by atoms with Gasteiger partial charge in [-0.25, -0.2) is 0 Å². The lowest BCUT2D eigenvalue weighted by Crippen LogP contribution is -2.41. The topological polar surface area (TPSA) is 78.1 Å². The number of hydrogen-bond acceptors (Lipinski definition) is 5. The molecular formula is C18H26N6O2. The van der Waals surface area contributed by atoms with E-state index in [-0.39, 0.29) is 11.9 Å². The van der Waals surface area contributed by atoms with Gasteiger partial charge in [-0.1, -0.05) is 0 Å². The largest absolute Gasteiger partial charge is 0.381 e. The van der Waals surface area contributed by atoms with E-state index >= 15 is 0 Å². The van der Waals surface area contributed by atoms with Crippen LogP contribution in [0.3, 0.4) is 0 Å². The van der Waals surface area contributed by atoms with Gasteiger partial charge in [0.1, 0.15) is 5.82 Å². The highest BCUT2D eigenvalue weighted by atomic mass is 16.5. The highest BCUT2D eigenvalue weighted by Crippen LogP contribution is 2.30. The van der Waals surface area contributed by atoms with Crippen LogP contribution in [0, 0.1) is 0 Å². The van der Waals surface area contributed by atoms with E-state index in [1.54, 1.807) is 6.20 Å². The van der Waals surface area contributed by atoms with Crippen molar-refractivity contribution in [1.29, 1.82) is 0 Å². The summed E-state index contributed by atoms with van der Waals surface area (Å²) in [5.74, 6) is 2.59. The number of aryl methyl sites for hydroxylation is 1. The minimum atomic E-state index is 0.186. The van der Waals surface area contributed by atoms with Crippen molar-refractivity contribution in [3.05, 3.63) is 30.1 Å². The fourth-order valence-electron chi connectivity index (χ4n) is 3.97. The van der Waals surface area contributed by atoms with Gasteiger partial charge in [0.15, 0.2) is 5.82 Å². The van der Waals surface area contributed by atoms with E-state index in [4.69, 9.17) is 4.74 Å². The molecule has 4 rings (SSSR count). The molecule has 1 amide bonds. The molecule has 0 radical (unpaired) electrons. The molecule has 0 bridgehead atoms. The minimum absolute atomic E-state index is 0.186. The summed E-state index contributed by atoms with van der Waals surface area (Å²) in [6, 6.07) is 2.11. The van der Waals surface area contributed by atoms with Crippen molar-refractivity contribution >= 4 is 5.91 Å². The first kappa shape index (κ1) is 17.2. The summed E-state index contributed by atoms with van der Waals surface area (Å²) in [4.78, 5) is 14.5. The Kier molecular flexibility index (Phi) is 5.01. The van der Waals surface area contributed by atoms with Crippen LogP contribution in [-0.2, 0) is 22.6 Å². The zero-order chi connectivity index (χ0) is 17.9. The van der Waals surface area contributed by atoms with Crippen LogP contribution in [0.1, 0.15) is 56.2 Å². The maximum atomic E-state index is 12.6. The van der Waals surface area contributed by atoms with E-state index in [2.05, 4.69) is 26.8 Å². The van der Waals surface area contributed by atoms with Crippen molar-refractivity contribution in [2.24, 2.45) is 0 Å². The Morgan fingerprint density at radius 2 is 2.15 bits per heavy atom. The Labute approximate surface area is 153 Å². The first-order valence-corrected chi connectivity index (χ1v) is 9.49. The molecule has 8 nitrogen and oxygen atoms in total. The van der Waals surface area contributed by atoms with Crippen LogP contribution in [0.4, 0.5) is 0 Å². The number of amides is 1. The summed E-state index contributed by atoms with van der Waals surface area (Å²) < 4.78 is 9.58. The van der Waals surface area contributed by atoms with E-state index in [1.807, 2.05) is 21.8 Å². The molecule has 0 unspecified atom stereocenters. The molecule has 2 aliphatic rings. The number of rotatable bonds is 5. The van der Waals surface area contributed by atoms with Crippen molar-refractivity contribution < 1.29 is 9.53 Å². The summed E-state index contributed by atoms with van der Waals surface area (Å²) in [6.07, 6.45) is 7.02. The maximum Gasteiger partial charge on any atom is 0.223 e. The molecule has 8 heteroatoms. The number of aromatic nitrogens is 5. The van der Waals surface area contributed by atoms with Crippen LogP contribution in [0.15, 0.2) is 18.5 Å². The van der Waals surface area contributed by atoms with Crippen molar-refractivity contribution in [3.8, 4) is 0 Å². The Hall–Kier alpha value is -2.22. The Bertz CT molecular complexity index is 735. The Morgan fingerprint density at radius 3 is 2.92 bits per heavy atom. The summed E-state index contributed by atoms with van der Waals surface area (Å²) in [5.41, 5.74) is 0. The van der Waals surface area contributed by atoms with Gasteiger partial charge in [-0.05, 0) is 32.3 Å². The molecule has 0 aromatic carbocycles. The molecule has 0 aliphatic carbocycles. The third-order valence-electron chi connectivity index (χ3n) is 5.33. The van der Waals surface area contributed by atoms with E-state index < -0.39 is 0 Å². The first-order chi connectivity index (χ1) is 12.7. The van der Waals surface area contributed by atoms with Gasteiger partial charge < -0.3 is 14.2 Å². The van der Waals surface area contributed by atoms with Crippen LogP contribution < -0.4 is 0 Å². The number of hydrogen-bond donors (Lipinski definition) is 0. The Morgan fingerprint density at radius 1 is 1.31 bits per heavy atom. The van der Waals surface area contributed by atoms with Crippen LogP contribution in [0.2, 0.25) is 0 Å². The third kappa shape index (κ3) is 3.51. The fraction of sp³-hybridized carbons (Fsp3) is 0.667. The lowest BCUT2D eigenvalue weighted by Gasteiger charge is -2.34. The van der Waals surface area contributed by atoms with Crippen molar-refractivity contribution in [2.45, 2.75) is 57.7 Å². The molecule has 140 valence electrons. The molecular weight excluding hydrogens is 332 g/mol. The third-order valence-corrected chi connectivity index (χ3v) is 5.33. The molecule has 2 aliphatic heterocycles. The zero-order valence-electron chi connectivity index (χ0n) is 15.3. The first-order valence-electron chi connectivity index (χ1n) is 9.49. The molecule has 0 spiro atoms. The van der Waals surface area contributed by atoms with E-state index in [9.17, 15) is 4.79 Å². The molecule has 0 saturated carbocycles. The minimum Gasteiger partial charge on any atom is -0.381 e. The summed E-state index contributed by atoms with van der Waals surface area (Å²) >= 11 is 0. The fourth-order valence-corrected chi connectivity index (χ4v) is 3.97. The van der Waals surface area contributed by atoms with Crippen molar-refractivity contribution in [1.82, 2.24) is 29.4 Å². The predicted molar refractivity (Wildman–Crippen MR) is 94.4 cm³/mol. The maximum absolute atomic E-state index is 12.6. The number of carbonyl (C=O) groups is 1. The summed E-state index contributed by atoms with van der Waals surface area (Å²) in [5, 5.41) is 13.0. The average Bonchev–Trinajstić information content (AvgIpc) is 3.32. The monoisotopic (exact) mass is 358 g/mol. The highest BCUT2D eigenvalue weighted by molar-refractivity contribution is 5.76. The zero-order valence-corrected chi connectivity index (χ0v) is 15.3. The van der Waals surface area contributed by atoms with E-state index in [1.165, 1.54) is 0 Å². The molecule has 0 N–H and O–H groups in total. The van der Waals surface area contributed by atoms with E-state index in [0.29, 0.717) is 18.9 Å². The molecule has 1 atom stereocenters. The molecule has 4 heterocycles. The normalized spacial score (nSPS) is 21.0. The van der Waals surface area contributed by atoms with Gasteiger partial charge in [-0.15, -0.1) is 10.2 Å². The summed E-state index contributed by atoms with van der Waals surface area (Å²) in [6.45, 7) is 5.79. The summed E-state index contributed by atoms with van der Waals surface area (Å²) in [7, 11) is 0.